The normalized spacial score (nSPS) is 17.3. The number of amides is 6. The van der Waals surface area contributed by atoms with Crippen LogP contribution in [0.1, 0.15) is 111 Å². The fraction of sp³-hybridized carbons (Fsp3) is 0.833. The third-order valence-corrected chi connectivity index (χ3v) is 8.96. The van der Waals surface area contributed by atoms with Crippen molar-refractivity contribution in [3.8, 4) is 0 Å². The first-order chi connectivity index (χ1) is 25.5. The van der Waals surface area contributed by atoms with Crippen molar-refractivity contribution >= 4 is 35.4 Å². The Hall–Kier alpha value is -3.38. The van der Waals surface area contributed by atoms with Crippen molar-refractivity contribution < 1.29 is 43.8 Å². The molecule has 306 valence electrons. The zero-order valence-corrected chi connectivity index (χ0v) is 32.2. The number of rotatable bonds is 33. The third kappa shape index (κ3) is 21.2. The van der Waals surface area contributed by atoms with Crippen molar-refractivity contribution in [1.82, 2.24) is 42.7 Å². The van der Waals surface area contributed by atoms with E-state index in [1.54, 1.807) is 6.92 Å². The van der Waals surface area contributed by atoms with E-state index in [9.17, 15) is 28.8 Å². The fourth-order valence-corrected chi connectivity index (χ4v) is 6.07. The second-order valence-corrected chi connectivity index (χ2v) is 13.4. The van der Waals surface area contributed by atoms with E-state index in [1.165, 1.54) is 6.92 Å². The largest absolute Gasteiger partial charge is 0.395 e. The van der Waals surface area contributed by atoms with E-state index < -0.39 is 29.3 Å². The van der Waals surface area contributed by atoms with E-state index in [0.29, 0.717) is 51.5 Å². The Morgan fingerprint density at radius 2 is 1.28 bits per heavy atom. The Morgan fingerprint density at radius 1 is 0.698 bits per heavy atom. The molecule has 17 nitrogen and oxygen atoms in total. The highest BCUT2D eigenvalue weighted by Gasteiger charge is 2.64. The predicted molar refractivity (Wildman–Crippen MR) is 200 cm³/mol. The summed E-state index contributed by atoms with van der Waals surface area (Å²) >= 11 is 0. The van der Waals surface area contributed by atoms with Crippen LogP contribution in [0.25, 0.3) is 0 Å². The van der Waals surface area contributed by atoms with Gasteiger partial charge in [0, 0.05) is 58.5 Å². The summed E-state index contributed by atoms with van der Waals surface area (Å²) in [5, 5.41) is 37.8. The lowest BCUT2D eigenvalue weighted by Crippen LogP contribution is -2.51. The van der Waals surface area contributed by atoms with Gasteiger partial charge in [-0.2, -0.15) is 5.48 Å². The number of hydrogen-bond donors (Lipinski definition) is 10. The molecule has 4 unspecified atom stereocenters. The number of hydroxylamine groups is 1. The molecule has 1 rings (SSSR count). The molecule has 0 aromatic rings. The molecule has 0 aromatic heterocycles. The van der Waals surface area contributed by atoms with Gasteiger partial charge in [-0.1, -0.05) is 32.6 Å². The molecule has 17 heteroatoms. The summed E-state index contributed by atoms with van der Waals surface area (Å²) in [5.74, 6) is -2.27. The number of carbonyl (C=O) groups is 6. The van der Waals surface area contributed by atoms with E-state index in [1.807, 2.05) is 0 Å². The van der Waals surface area contributed by atoms with Crippen LogP contribution in [0.3, 0.4) is 0 Å². The predicted octanol–water partition coefficient (Wildman–Crippen LogP) is -0.594. The minimum Gasteiger partial charge on any atom is -0.395 e. The van der Waals surface area contributed by atoms with E-state index in [4.69, 9.17) is 15.1 Å². The van der Waals surface area contributed by atoms with Crippen LogP contribution in [0.2, 0.25) is 0 Å². The molecule has 1 aliphatic carbocycles. The average Bonchev–Trinajstić information content (AvgIpc) is 3.86. The third-order valence-electron chi connectivity index (χ3n) is 8.96. The minimum absolute atomic E-state index is 0.00669. The van der Waals surface area contributed by atoms with Crippen molar-refractivity contribution in [3.05, 3.63) is 0 Å². The van der Waals surface area contributed by atoms with Crippen molar-refractivity contribution in [2.24, 2.45) is 5.92 Å². The lowest BCUT2D eigenvalue weighted by molar-refractivity contribution is -0.132. The highest BCUT2D eigenvalue weighted by atomic mass is 16.6. The fourth-order valence-electron chi connectivity index (χ4n) is 6.07. The highest BCUT2D eigenvalue weighted by Crippen LogP contribution is 2.44. The number of aliphatic hydroxyl groups is 2. The van der Waals surface area contributed by atoms with Gasteiger partial charge in [0.2, 0.25) is 35.4 Å². The summed E-state index contributed by atoms with van der Waals surface area (Å²) in [4.78, 5) is 78.7. The van der Waals surface area contributed by atoms with E-state index >= 15 is 0 Å². The lowest BCUT2D eigenvalue weighted by atomic mass is 10.0. The van der Waals surface area contributed by atoms with Crippen LogP contribution in [-0.2, 0) is 33.6 Å². The molecule has 1 saturated carbocycles. The number of nitrogens with one attached hydrogen (secondary N) is 8. The Balaban J connectivity index is 2.17. The van der Waals surface area contributed by atoms with Gasteiger partial charge in [-0.05, 0) is 64.8 Å². The first-order valence-corrected chi connectivity index (χ1v) is 19.5. The van der Waals surface area contributed by atoms with Crippen LogP contribution in [0.5, 0.6) is 0 Å². The van der Waals surface area contributed by atoms with E-state index in [-0.39, 0.29) is 69.2 Å². The zero-order valence-electron chi connectivity index (χ0n) is 32.2. The molecule has 0 heterocycles. The van der Waals surface area contributed by atoms with Crippen LogP contribution in [0, 0.1) is 5.92 Å². The van der Waals surface area contributed by atoms with Crippen molar-refractivity contribution in [3.63, 3.8) is 0 Å². The van der Waals surface area contributed by atoms with Crippen molar-refractivity contribution in [2.45, 2.75) is 128 Å². The second kappa shape index (κ2) is 29.0. The van der Waals surface area contributed by atoms with Crippen LogP contribution >= 0.6 is 0 Å². The Labute approximate surface area is 315 Å². The summed E-state index contributed by atoms with van der Waals surface area (Å²) in [7, 11) is 0. The lowest BCUT2D eigenvalue weighted by Gasteiger charge is -2.19. The zero-order chi connectivity index (χ0) is 39.3. The SMILES string of the molecule is CCNC(CCCCCNC(=O)C(CCC(=O)NCCO)NOCC)CCCCNC(=O)CCCCCNC(=O)C1(NC(C)=O)CC1C(=O)NCCO. The van der Waals surface area contributed by atoms with Gasteiger partial charge in [0.15, 0.2) is 0 Å². The number of hydrogen-bond acceptors (Lipinski definition) is 11. The number of unbranched alkanes of at least 4 members (excludes halogenated alkanes) is 5. The minimum atomic E-state index is -1.25. The maximum Gasteiger partial charge on any atom is 0.246 e. The average molecular weight is 757 g/mol. The molecule has 0 radical (unpaired) electrons. The molecule has 6 amide bonds. The smallest absolute Gasteiger partial charge is 0.246 e. The molecule has 0 aliphatic heterocycles. The monoisotopic (exact) mass is 757 g/mol. The van der Waals surface area contributed by atoms with Crippen LogP contribution in [-0.4, -0.2) is 122 Å². The molecule has 4 atom stereocenters. The summed E-state index contributed by atoms with van der Waals surface area (Å²) in [5.41, 5.74) is 1.47. The van der Waals surface area contributed by atoms with Gasteiger partial charge < -0.3 is 52.3 Å². The summed E-state index contributed by atoms with van der Waals surface area (Å²) in [6.07, 6.45) is 9.91. The molecule has 1 fully saturated rings. The molecule has 53 heavy (non-hydrogen) atoms. The highest BCUT2D eigenvalue weighted by molar-refractivity contribution is 6.02. The van der Waals surface area contributed by atoms with Crippen LogP contribution in [0.4, 0.5) is 0 Å². The molecular weight excluding hydrogens is 688 g/mol. The standard InChI is InChI=1S/C36H68N8O9/c1-4-37-28(14-8-6-11-20-40-34(51)30(44-53-5-2)17-18-32(49)39-22-24-45)15-10-13-19-38-31(48)16-9-7-12-21-42-35(52)36(43-27(3)47)26-29(36)33(50)41-23-25-46/h28-30,37,44-46H,4-26H2,1-3H3,(H,38,48)(H,39,49)(H,40,51)(H,41,50)(H,42,52)(H,43,47). The maximum absolute atomic E-state index is 12.8. The Kier molecular flexibility index (Phi) is 26.1. The van der Waals surface area contributed by atoms with Crippen molar-refractivity contribution in [2.75, 3.05) is 59.1 Å². The van der Waals surface area contributed by atoms with Gasteiger partial charge in [-0.15, -0.1) is 0 Å². The van der Waals surface area contributed by atoms with E-state index in [0.717, 1.165) is 57.9 Å². The molecular formula is C36H68N8O9. The second-order valence-electron chi connectivity index (χ2n) is 13.4. The van der Waals surface area contributed by atoms with Gasteiger partial charge in [0.1, 0.15) is 11.6 Å². The quantitative estimate of drug-likeness (QED) is 0.0299. The van der Waals surface area contributed by atoms with Crippen LogP contribution < -0.4 is 42.7 Å². The Morgan fingerprint density at radius 3 is 1.94 bits per heavy atom. The van der Waals surface area contributed by atoms with E-state index in [2.05, 4.69) is 49.6 Å². The first-order valence-electron chi connectivity index (χ1n) is 19.5. The van der Waals surface area contributed by atoms with Crippen molar-refractivity contribution in [1.29, 1.82) is 0 Å². The van der Waals surface area contributed by atoms with Gasteiger partial charge in [0.05, 0.1) is 25.7 Å². The van der Waals surface area contributed by atoms with Gasteiger partial charge in [-0.3, -0.25) is 28.8 Å². The summed E-state index contributed by atoms with van der Waals surface area (Å²) in [6.45, 7) is 7.93. The maximum atomic E-state index is 12.8. The molecule has 0 spiro atoms. The number of carbonyl (C=O) groups excluding carboxylic acids is 6. The topological polar surface area (TPSA) is 248 Å². The molecule has 10 N–H and O–H groups in total. The number of aliphatic hydroxyl groups excluding tert-OH is 2. The summed E-state index contributed by atoms with van der Waals surface area (Å²) < 4.78 is 0. The first kappa shape index (κ1) is 47.6. The van der Waals surface area contributed by atoms with Gasteiger partial charge >= 0.3 is 0 Å². The summed E-state index contributed by atoms with van der Waals surface area (Å²) in [6, 6.07) is -0.246. The van der Waals surface area contributed by atoms with Gasteiger partial charge in [-0.25, -0.2) is 0 Å². The van der Waals surface area contributed by atoms with Crippen LogP contribution in [0.15, 0.2) is 0 Å². The van der Waals surface area contributed by atoms with Gasteiger partial charge in [0.25, 0.3) is 0 Å². The molecule has 1 aliphatic rings. The molecule has 0 saturated heterocycles. The Bertz CT molecular complexity index is 1100. The molecule has 0 bridgehead atoms. The molecule has 0 aromatic carbocycles.